The third kappa shape index (κ3) is 5.21. The van der Waals surface area contributed by atoms with Crippen molar-refractivity contribution in [2.75, 3.05) is 18.4 Å². The number of hydrogen-bond acceptors (Lipinski definition) is 5. The molecule has 2 heterocycles. The number of carbonyl (C=O) groups excluding carboxylic acids is 1. The Balaban J connectivity index is 1.80. The lowest BCUT2D eigenvalue weighted by Crippen LogP contribution is -2.32. The Labute approximate surface area is 184 Å². The van der Waals surface area contributed by atoms with Crippen molar-refractivity contribution in [3.63, 3.8) is 0 Å². The Kier molecular flexibility index (Phi) is 7.18. The summed E-state index contributed by atoms with van der Waals surface area (Å²) in [6, 6.07) is 4.67. The standard InChI is InChI=1S/C19H22Cl2N4O4S/c1-13-8-14(23-17(26)12-25-19(27)18(21)16(20)11-22-25)10-15(9-13)30(28,29)24-6-4-2-3-5-7-24/h8-11H,2-7,12H2,1H3,(H,23,26). The predicted molar refractivity (Wildman–Crippen MR) is 116 cm³/mol. The maximum atomic E-state index is 13.1. The fraction of sp³-hybridized carbons (Fsp3) is 0.421. The molecule has 1 saturated heterocycles. The summed E-state index contributed by atoms with van der Waals surface area (Å²) in [5.74, 6) is -0.549. The fourth-order valence-corrected chi connectivity index (χ4v) is 5.21. The molecular weight excluding hydrogens is 451 g/mol. The van der Waals surface area contributed by atoms with E-state index < -0.39 is 28.0 Å². The number of rotatable bonds is 5. The Hall–Kier alpha value is -1.94. The zero-order valence-corrected chi connectivity index (χ0v) is 18.7. The van der Waals surface area contributed by atoms with Gasteiger partial charge in [0.1, 0.15) is 11.6 Å². The van der Waals surface area contributed by atoms with Gasteiger partial charge in [-0.1, -0.05) is 36.0 Å². The predicted octanol–water partition coefficient (Wildman–Crippen LogP) is 3.06. The quantitative estimate of drug-likeness (QED) is 0.720. The molecular formula is C19H22Cl2N4O4S. The first-order chi connectivity index (χ1) is 14.2. The molecule has 3 rings (SSSR count). The molecule has 30 heavy (non-hydrogen) atoms. The average Bonchev–Trinajstić information content (AvgIpc) is 2.98. The van der Waals surface area contributed by atoms with Crippen molar-refractivity contribution in [2.45, 2.75) is 44.0 Å². The van der Waals surface area contributed by atoms with E-state index in [1.54, 1.807) is 19.1 Å². The maximum absolute atomic E-state index is 13.1. The highest BCUT2D eigenvalue weighted by Crippen LogP contribution is 2.24. The number of anilines is 1. The monoisotopic (exact) mass is 472 g/mol. The molecule has 0 radical (unpaired) electrons. The molecule has 0 aliphatic carbocycles. The van der Waals surface area contributed by atoms with E-state index in [0.29, 0.717) is 24.3 Å². The maximum Gasteiger partial charge on any atom is 0.287 e. The van der Waals surface area contributed by atoms with Gasteiger partial charge in [-0.15, -0.1) is 0 Å². The van der Waals surface area contributed by atoms with Crippen molar-refractivity contribution in [2.24, 2.45) is 0 Å². The van der Waals surface area contributed by atoms with Gasteiger partial charge >= 0.3 is 0 Å². The summed E-state index contributed by atoms with van der Waals surface area (Å²) in [6.07, 6.45) is 4.88. The lowest BCUT2D eigenvalue weighted by molar-refractivity contribution is -0.117. The van der Waals surface area contributed by atoms with E-state index in [4.69, 9.17) is 23.2 Å². The van der Waals surface area contributed by atoms with Crippen molar-refractivity contribution in [3.05, 3.63) is 50.4 Å². The highest BCUT2D eigenvalue weighted by molar-refractivity contribution is 7.89. The minimum absolute atomic E-state index is 0.000343. The largest absolute Gasteiger partial charge is 0.324 e. The van der Waals surface area contributed by atoms with E-state index in [9.17, 15) is 18.0 Å². The Morgan fingerprint density at radius 1 is 1.13 bits per heavy atom. The molecule has 1 amide bonds. The summed E-state index contributed by atoms with van der Waals surface area (Å²) < 4.78 is 28.5. The highest BCUT2D eigenvalue weighted by Gasteiger charge is 2.26. The number of amides is 1. The number of aryl methyl sites for hydroxylation is 1. The SMILES string of the molecule is Cc1cc(NC(=O)Cn2ncc(Cl)c(Cl)c2=O)cc(S(=O)(=O)N2CCCCCC2)c1. The third-order valence-electron chi connectivity index (χ3n) is 4.77. The van der Waals surface area contributed by atoms with E-state index in [-0.39, 0.29) is 14.9 Å². The number of nitrogens with zero attached hydrogens (tertiary/aromatic N) is 3. The lowest BCUT2D eigenvalue weighted by atomic mass is 10.2. The summed E-state index contributed by atoms with van der Waals surface area (Å²) in [4.78, 5) is 24.6. The molecule has 1 aliphatic heterocycles. The van der Waals surface area contributed by atoms with Crippen LogP contribution in [0, 0.1) is 6.92 Å². The number of hydrogen-bond donors (Lipinski definition) is 1. The van der Waals surface area contributed by atoms with E-state index >= 15 is 0 Å². The highest BCUT2D eigenvalue weighted by atomic mass is 35.5. The number of benzene rings is 1. The van der Waals surface area contributed by atoms with Crippen molar-refractivity contribution in [1.29, 1.82) is 0 Å². The fourth-order valence-electron chi connectivity index (χ4n) is 3.29. The Bertz CT molecular complexity index is 1110. The second-order valence-corrected chi connectivity index (χ2v) is 9.89. The minimum Gasteiger partial charge on any atom is -0.324 e. The first kappa shape index (κ1) is 22.7. The zero-order chi connectivity index (χ0) is 21.9. The van der Waals surface area contributed by atoms with Gasteiger partial charge in [0.15, 0.2) is 0 Å². The van der Waals surface area contributed by atoms with Gasteiger partial charge in [0, 0.05) is 18.8 Å². The molecule has 0 bridgehead atoms. The van der Waals surface area contributed by atoms with Crippen molar-refractivity contribution in [3.8, 4) is 0 Å². The van der Waals surface area contributed by atoms with Gasteiger partial charge in [0.2, 0.25) is 15.9 Å². The summed E-state index contributed by atoms with van der Waals surface area (Å²) in [6.45, 7) is 2.34. The Morgan fingerprint density at radius 2 is 1.80 bits per heavy atom. The van der Waals surface area contributed by atoms with Crippen LogP contribution in [0.25, 0.3) is 0 Å². The molecule has 1 N–H and O–H groups in total. The molecule has 1 aromatic heterocycles. The summed E-state index contributed by atoms with van der Waals surface area (Å²) in [7, 11) is -3.66. The molecule has 1 aromatic carbocycles. The molecule has 2 aromatic rings. The number of aromatic nitrogens is 2. The van der Waals surface area contributed by atoms with E-state index in [2.05, 4.69) is 10.4 Å². The van der Waals surface area contributed by atoms with E-state index in [0.717, 1.165) is 30.4 Å². The van der Waals surface area contributed by atoms with Gasteiger partial charge in [0.05, 0.1) is 16.1 Å². The first-order valence-electron chi connectivity index (χ1n) is 9.51. The molecule has 162 valence electrons. The molecule has 1 aliphatic rings. The van der Waals surface area contributed by atoms with Crippen LogP contribution in [0.4, 0.5) is 5.69 Å². The van der Waals surface area contributed by atoms with Crippen LogP contribution in [0.5, 0.6) is 0 Å². The summed E-state index contributed by atoms with van der Waals surface area (Å²) >= 11 is 11.5. The van der Waals surface area contributed by atoms with Gasteiger partial charge in [0.25, 0.3) is 5.56 Å². The van der Waals surface area contributed by atoms with Crippen LogP contribution in [-0.4, -0.2) is 41.5 Å². The molecule has 0 saturated carbocycles. The van der Waals surface area contributed by atoms with Crippen LogP contribution in [0.15, 0.2) is 34.1 Å². The number of carbonyl (C=O) groups is 1. The third-order valence-corrected chi connectivity index (χ3v) is 7.40. The molecule has 11 heteroatoms. The molecule has 1 fully saturated rings. The van der Waals surface area contributed by atoms with Crippen LogP contribution in [0.1, 0.15) is 31.2 Å². The molecule has 8 nitrogen and oxygen atoms in total. The van der Waals surface area contributed by atoms with Crippen LogP contribution >= 0.6 is 23.2 Å². The van der Waals surface area contributed by atoms with E-state index in [1.165, 1.54) is 16.6 Å². The van der Waals surface area contributed by atoms with E-state index in [1.807, 2.05) is 0 Å². The molecule has 0 spiro atoms. The van der Waals surface area contributed by atoms with Crippen molar-refractivity contribution in [1.82, 2.24) is 14.1 Å². The van der Waals surface area contributed by atoms with Gasteiger partial charge in [-0.3, -0.25) is 9.59 Å². The number of sulfonamides is 1. The Morgan fingerprint density at radius 3 is 2.47 bits per heavy atom. The summed E-state index contributed by atoms with van der Waals surface area (Å²) in [5.41, 5.74) is 0.320. The first-order valence-corrected chi connectivity index (χ1v) is 11.7. The molecule has 0 unspecified atom stereocenters. The van der Waals surface area contributed by atoms with Crippen molar-refractivity contribution < 1.29 is 13.2 Å². The van der Waals surface area contributed by atoms with Gasteiger partial charge in [-0.25, -0.2) is 13.1 Å². The van der Waals surface area contributed by atoms with Crippen LogP contribution in [0.2, 0.25) is 10.0 Å². The van der Waals surface area contributed by atoms with Crippen LogP contribution < -0.4 is 10.9 Å². The number of halogens is 2. The van der Waals surface area contributed by atoms with Gasteiger partial charge < -0.3 is 5.32 Å². The average molecular weight is 473 g/mol. The van der Waals surface area contributed by atoms with Crippen molar-refractivity contribution >= 4 is 44.8 Å². The lowest BCUT2D eigenvalue weighted by Gasteiger charge is -2.20. The smallest absolute Gasteiger partial charge is 0.287 e. The second-order valence-electron chi connectivity index (χ2n) is 7.17. The number of nitrogens with one attached hydrogen (secondary N) is 1. The van der Waals surface area contributed by atoms with Gasteiger partial charge in [-0.05, 0) is 43.5 Å². The topological polar surface area (TPSA) is 101 Å². The van der Waals surface area contributed by atoms with Gasteiger partial charge in [-0.2, -0.15) is 9.40 Å². The summed E-state index contributed by atoms with van der Waals surface area (Å²) in [5, 5.41) is 6.19. The van der Waals surface area contributed by atoms with Crippen LogP contribution in [0.3, 0.4) is 0 Å². The second kappa shape index (κ2) is 9.47. The molecule has 0 atom stereocenters. The minimum atomic E-state index is -3.66. The normalized spacial score (nSPS) is 15.6. The zero-order valence-electron chi connectivity index (χ0n) is 16.4. The van der Waals surface area contributed by atoms with Crippen LogP contribution in [-0.2, 0) is 21.4 Å².